The van der Waals surface area contributed by atoms with E-state index in [-0.39, 0.29) is 36.1 Å². The van der Waals surface area contributed by atoms with Gasteiger partial charge in [-0.3, -0.25) is 18.5 Å². The van der Waals surface area contributed by atoms with Crippen molar-refractivity contribution >= 4 is 28.8 Å². The predicted octanol–water partition coefficient (Wildman–Crippen LogP) is 0.356. The molecule has 0 spiro atoms. The first-order valence-electron chi connectivity index (χ1n) is 9.28. The summed E-state index contributed by atoms with van der Waals surface area (Å²) in [6.45, 7) is 2.22. The number of aryl methyl sites for hydroxylation is 1. The molecule has 1 aromatic carbocycles. The monoisotopic (exact) mass is 436 g/mol. The molecule has 10 nitrogen and oxygen atoms in total. The fraction of sp³-hybridized carbons (Fsp3) is 0.389. The lowest BCUT2D eigenvalue weighted by Gasteiger charge is -2.30. The number of amides is 3. The number of aromatic hydroxyl groups is 1. The average molecular weight is 436 g/mol. The van der Waals surface area contributed by atoms with Gasteiger partial charge in [0, 0.05) is 37.0 Å². The zero-order valence-electron chi connectivity index (χ0n) is 16.4. The van der Waals surface area contributed by atoms with E-state index in [1.165, 1.54) is 11.0 Å². The summed E-state index contributed by atoms with van der Waals surface area (Å²) in [5.41, 5.74) is 2.32. The third-order valence-corrected chi connectivity index (χ3v) is 6.52. The van der Waals surface area contributed by atoms with E-state index in [0.29, 0.717) is 25.1 Å². The highest BCUT2D eigenvalue weighted by Crippen LogP contribution is 2.38. The highest BCUT2D eigenvalue weighted by Gasteiger charge is 2.34. The number of carbonyl (C=O) groups excluding carboxylic acids is 2. The topological polar surface area (TPSA) is 120 Å². The van der Waals surface area contributed by atoms with E-state index in [9.17, 15) is 18.9 Å². The van der Waals surface area contributed by atoms with Crippen LogP contribution in [0.4, 0.5) is 14.9 Å². The van der Waals surface area contributed by atoms with Crippen LogP contribution in [0.2, 0.25) is 0 Å². The van der Waals surface area contributed by atoms with E-state index < -0.39 is 22.9 Å². The van der Waals surface area contributed by atoms with Crippen molar-refractivity contribution in [2.45, 2.75) is 26.4 Å². The van der Waals surface area contributed by atoms with Crippen LogP contribution in [0.3, 0.4) is 0 Å². The van der Waals surface area contributed by atoms with Crippen LogP contribution < -0.4 is 14.3 Å². The quantitative estimate of drug-likeness (QED) is 0.642. The molecule has 1 atom stereocenters. The number of hydrogen-bond acceptors (Lipinski definition) is 5. The molecule has 2 aliphatic heterocycles. The summed E-state index contributed by atoms with van der Waals surface area (Å²) in [6, 6.07) is 1.06. The van der Waals surface area contributed by atoms with Crippen LogP contribution >= 0.6 is 0 Å². The number of nitrogens with zero attached hydrogens (tertiary/aromatic N) is 4. The van der Waals surface area contributed by atoms with Gasteiger partial charge in [0.2, 0.25) is 11.2 Å². The van der Waals surface area contributed by atoms with Gasteiger partial charge in [0.1, 0.15) is 18.0 Å². The molecular formula is C18H21FN6O4S. The van der Waals surface area contributed by atoms with Gasteiger partial charge in [-0.15, -0.1) is 0 Å². The number of hydrogen-bond donors (Lipinski definition) is 3. The smallest absolute Gasteiger partial charge is 0.317 e. The molecule has 30 heavy (non-hydrogen) atoms. The molecule has 2 aliphatic rings. The van der Waals surface area contributed by atoms with E-state index >= 15 is 4.39 Å². The largest absolute Gasteiger partial charge is 0.506 e. The Kier molecular flexibility index (Phi) is 5.10. The number of urea groups is 1. The maximum atomic E-state index is 15.3. The highest BCUT2D eigenvalue weighted by atomic mass is 32.2. The van der Waals surface area contributed by atoms with Gasteiger partial charge in [-0.25, -0.2) is 13.4 Å². The molecule has 160 valence electrons. The summed E-state index contributed by atoms with van der Waals surface area (Å²) in [4.78, 5) is 25.6. The molecule has 12 heteroatoms. The normalized spacial score (nSPS) is 18.4. The standard InChI is InChI=1S/C18H21FN6O4S/c1-10-12(7-21-23(10)2)6-20-18(28)24-4-3-11-5-14(26)17(16(19)13(11)8-24)25-9-15(27)22-30(25)29/h5,7,26H,3-4,6,8-9H2,1-2H3,(H,20,28)(H,22,27). The second kappa shape index (κ2) is 7.59. The Bertz CT molecular complexity index is 1070. The molecule has 0 radical (unpaired) electrons. The van der Waals surface area contributed by atoms with E-state index in [1.807, 2.05) is 14.0 Å². The lowest BCUT2D eigenvalue weighted by Crippen LogP contribution is -2.43. The molecule has 0 aliphatic carbocycles. The van der Waals surface area contributed by atoms with Crippen molar-refractivity contribution in [3.8, 4) is 5.75 Å². The van der Waals surface area contributed by atoms with Crippen molar-refractivity contribution in [3.05, 3.63) is 40.5 Å². The number of benzene rings is 1. The van der Waals surface area contributed by atoms with Gasteiger partial charge >= 0.3 is 6.03 Å². The summed E-state index contributed by atoms with van der Waals surface area (Å²) in [6.07, 6.45) is 2.04. The molecule has 1 fully saturated rings. The summed E-state index contributed by atoms with van der Waals surface area (Å²) in [5, 5.41) is 17.2. The Hall–Kier alpha value is -3.15. The first-order valence-corrected chi connectivity index (χ1v) is 10.4. The minimum absolute atomic E-state index is 0.00580. The molecule has 1 unspecified atom stereocenters. The van der Waals surface area contributed by atoms with Crippen LogP contribution in [-0.4, -0.2) is 49.0 Å². The Morgan fingerprint density at radius 3 is 2.83 bits per heavy atom. The third-order valence-electron chi connectivity index (χ3n) is 5.41. The second-order valence-corrected chi connectivity index (χ2v) is 8.36. The van der Waals surface area contributed by atoms with Crippen molar-refractivity contribution < 1.29 is 23.3 Å². The van der Waals surface area contributed by atoms with E-state index in [0.717, 1.165) is 15.6 Å². The molecule has 3 amide bonds. The Balaban J connectivity index is 1.53. The summed E-state index contributed by atoms with van der Waals surface area (Å²) >= 11 is -1.97. The maximum absolute atomic E-state index is 15.3. The fourth-order valence-electron chi connectivity index (χ4n) is 3.58. The number of halogens is 1. The van der Waals surface area contributed by atoms with Gasteiger partial charge in [0.05, 0.1) is 12.7 Å². The van der Waals surface area contributed by atoms with Crippen LogP contribution in [0.25, 0.3) is 0 Å². The molecule has 2 aromatic rings. The number of anilines is 1. The van der Waals surface area contributed by atoms with Gasteiger partial charge < -0.3 is 15.3 Å². The van der Waals surface area contributed by atoms with E-state index in [4.69, 9.17) is 0 Å². The zero-order valence-corrected chi connectivity index (χ0v) is 17.3. The van der Waals surface area contributed by atoms with Crippen LogP contribution in [0.1, 0.15) is 22.4 Å². The number of phenolic OH excluding ortho intramolecular Hbond substituents is 1. The minimum atomic E-state index is -1.97. The van der Waals surface area contributed by atoms with Crippen molar-refractivity contribution in [1.82, 2.24) is 24.7 Å². The number of carbonyl (C=O) groups is 2. The summed E-state index contributed by atoms with van der Waals surface area (Å²) in [7, 11) is 1.81. The minimum Gasteiger partial charge on any atom is -0.506 e. The zero-order chi connectivity index (χ0) is 21.6. The van der Waals surface area contributed by atoms with Gasteiger partial charge in [-0.1, -0.05) is 0 Å². The van der Waals surface area contributed by atoms with Crippen LogP contribution in [0, 0.1) is 12.7 Å². The molecule has 0 saturated carbocycles. The van der Waals surface area contributed by atoms with Crippen molar-refractivity contribution in [3.63, 3.8) is 0 Å². The molecule has 3 N–H and O–H groups in total. The first-order chi connectivity index (χ1) is 14.3. The average Bonchev–Trinajstić information content (AvgIpc) is 3.20. The van der Waals surface area contributed by atoms with Gasteiger partial charge in [-0.05, 0) is 25.0 Å². The van der Waals surface area contributed by atoms with Crippen molar-refractivity contribution in [2.24, 2.45) is 7.05 Å². The molecular weight excluding hydrogens is 415 g/mol. The third kappa shape index (κ3) is 3.47. The lowest BCUT2D eigenvalue weighted by atomic mass is 9.97. The van der Waals surface area contributed by atoms with Crippen LogP contribution in [-0.2, 0) is 42.5 Å². The Morgan fingerprint density at radius 1 is 1.43 bits per heavy atom. The summed E-state index contributed by atoms with van der Waals surface area (Å²) in [5.74, 6) is -1.70. The molecule has 1 aromatic heterocycles. The van der Waals surface area contributed by atoms with Crippen molar-refractivity contribution in [1.29, 1.82) is 0 Å². The molecule has 1 saturated heterocycles. The SMILES string of the molecule is Cc1c(CNC(=O)N2CCc3cc(O)c(N4CC(=O)NS4=O)c(F)c3C2)cnn1C. The Morgan fingerprint density at radius 2 is 2.20 bits per heavy atom. The summed E-state index contributed by atoms with van der Waals surface area (Å²) < 4.78 is 32.1. The van der Waals surface area contributed by atoms with Gasteiger partial charge in [-0.2, -0.15) is 5.10 Å². The fourth-order valence-corrected chi connectivity index (χ4v) is 4.53. The number of phenols is 1. The van der Waals surface area contributed by atoms with Gasteiger partial charge in [0.15, 0.2) is 5.82 Å². The number of fused-ring (bicyclic) bond motifs is 1. The highest BCUT2D eigenvalue weighted by molar-refractivity contribution is 7.85. The number of rotatable bonds is 3. The second-order valence-electron chi connectivity index (χ2n) is 7.22. The number of nitrogens with one attached hydrogen (secondary N) is 2. The van der Waals surface area contributed by atoms with E-state index in [2.05, 4.69) is 15.1 Å². The van der Waals surface area contributed by atoms with E-state index in [1.54, 1.807) is 10.9 Å². The lowest BCUT2D eigenvalue weighted by molar-refractivity contribution is -0.117. The van der Waals surface area contributed by atoms with Gasteiger partial charge in [0.25, 0.3) is 5.91 Å². The molecule has 0 bridgehead atoms. The first kappa shape index (κ1) is 20.1. The molecule has 4 rings (SSSR count). The van der Waals surface area contributed by atoms with Crippen molar-refractivity contribution in [2.75, 3.05) is 17.4 Å². The van der Waals surface area contributed by atoms with Crippen LogP contribution in [0.5, 0.6) is 5.75 Å². The molecule has 3 heterocycles. The maximum Gasteiger partial charge on any atom is 0.317 e. The predicted molar refractivity (Wildman–Crippen MR) is 106 cm³/mol. The Labute approximate surface area is 174 Å². The van der Waals surface area contributed by atoms with Crippen LogP contribution in [0.15, 0.2) is 12.3 Å². The number of aromatic nitrogens is 2.